The van der Waals surface area contributed by atoms with Crippen molar-refractivity contribution in [3.63, 3.8) is 0 Å². The summed E-state index contributed by atoms with van der Waals surface area (Å²) in [5.41, 5.74) is 3.20. The summed E-state index contributed by atoms with van der Waals surface area (Å²) in [6.07, 6.45) is 0. The Hall–Kier alpha value is -2.32. The van der Waals surface area contributed by atoms with Crippen LogP contribution in [0, 0.1) is 0 Å². The van der Waals surface area contributed by atoms with Crippen molar-refractivity contribution in [2.45, 2.75) is 13.5 Å². The van der Waals surface area contributed by atoms with Gasteiger partial charge in [0.15, 0.2) is 0 Å². The molecule has 0 aromatic heterocycles. The molecule has 3 rings (SSSR count). The van der Waals surface area contributed by atoms with Crippen molar-refractivity contribution >= 4 is 22.1 Å². The van der Waals surface area contributed by atoms with Crippen LogP contribution in [0.5, 0.6) is 0 Å². The van der Waals surface area contributed by atoms with Crippen LogP contribution in [0.2, 0.25) is 0 Å². The van der Waals surface area contributed by atoms with Gasteiger partial charge in [-0.1, -0.05) is 54.6 Å². The van der Waals surface area contributed by atoms with Gasteiger partial charge in [-0.3, -0.25) is 0 Å². The molecule has 0 unspecified atom stereocenters. The molecule has 0 saturated carbocycles. The quantitative estimate of drug-likeness (QED) is 0.759. The second kappa shape index (κ2) is 5.98. The summed E-state index contributed by atoms with van der Waals surface area (Å²) in [6, 6.07) is 22.8. The van der Waals surface area contributed by atoms with Crippen molar-refractivity contribution in [3.8, 4) is 0 Å². The standard InChI is InChI=1S/C19H19NO/c1-2-20(18-12-6-4-9-16(18)14-21)19-13-7-10-15-8-3-5-11-17(15)19/h3-13,21H,2,14H2,1H3. The van der Waals surface area contributed by atoms with E-state index in [2.05, 4.69) is 60.4 Å². The van der Waals surface area contributed by atoms with Crippen LogP contribution < -0.4 is 4.90 Å². The fourth-order valence-electron chi connectivity index (χ4n) is 2.82. The minimum Gasteiger partial charge on any atom is -0.392 e. The molecule has 0 atom stereocenters. The minimum atomic E-state index is 0.0530. The highest BCUT2D eigenvalue weighted by Gasteiger charge is 2.13. The first kappa shape index (κ1) is 13.7. The molecule has 0 bridgehead atoms. The van der Waals surface area contributed by atoms with E-state index in [-0.39, 0.29) is 6.61 Å². The predicted octanol–water partition coefficient (Wildman–Crippen LogP) is 4.49. The molecule has 2 heteroatoms. The Labute approximate surface area is 125 Å². The third-order valence-corrected chi connectivity index (χ3v) is 3.83. The van der Waals surface area contributed by atoms with Gasteiger partial charge in [-0.05, 0) is 24.4 Å². The fraction of sp³-hybridized carbons (Fsp3) is 0.158. The number of rotatable bonds is 4. The Kier molecular flexibility index (Phi) is 3.89. The van der Waals surface area contributed by atoms with Crippen molar-refractivity contribution < 1.29 is 5.11 Å². The molecule has 0 aliphatic rings. The SMILES string of the molecule is CCN(c1ccccc1CO)c1cccc2ccccc12. The van der Waals surface area contributed by atoms with Crippen molar-refractivity contribution in [3.05, 3.63) is 72.3 Å². The summed E-state index contributed by atoms with van der Waals surface area (Å²) in [5, 5.41) is 12.1. The molecule has 21 heavy (non-hydrogen) atoms. The molecule has 1 N–H and O–H groups in total. The van der Waals surface area contributed by atoms with E-state index >= 15 is 0 Å². The zero-order valence-electron chi connectivity index (χ0n) is 12.2. The zero-order chi connectivity index (χ0) is 14.7. The number of para-hydroxylation sites is 1. The second-order valence-corrected chi connectivity index (χ2v) is 5.03. The highest BCUT2D eigenvalue weighted by Crippen LogP contribution is 2.33. The van der Waals surface area contributed by atoms with Crippen molar-refractivity contribution in [1.29, 1.82) is 0 Å². The maximum absolute atomic E-state index is 9.60. The number of aliphatic hydroxyl groups is 1. The van der Waals surface area contributed by atoms with Crippen LogP contribution in [0.25, 0.3) is 10.8 Å². The number of fused-ring (bicyclic) bond motifs is 1. The summed E-state index contributed by atoms with van der Waals surface area (Å²) in [4.78, 5) is 2.26. The van der Waals surface area contributed by atoms with Gasteiger partial charge in [0.2, 0.25) is 0 Å². The Morgan fingerprint density at radius 1 is 0.810 bits per heavy atom. The average Bonchev–Trinajstić information content (AvgIpc) is 2.56. The first-order valence-electron chi connectivity index (χ1n) is 7.29. The number of benzene rings is 3. The van der Waals surface area contributed by atoms with Crippen LogP contribution in [0.4, 0.5) is 11.4 Å². The fourth-order valence-corrected chi connectivity index (χ4v) is 2.82. The number of hydrogen-bond donors (Lipinski definition) is 1. The van der Waals surface area contributed by atoms with E-state index in [1.54, 1.807) is 0 Å². The molecule has 0 aliphatic carbocycles. The van der Waals surface area contributed by atoms with Crippen molar-refractivity contribution in [1.82, 2.24) is 0 Å². The topological polar surface area (TPSA) is 23.5 Å². The summed E-state index contributed by atoms with van der Waals surface area (Å²) in [7, 11) is 0. The lowest BCUT2D eigenvalue weighted by Gasteiger charge is -2.27. The first-order valence-corrected chi connectivity index (χ1v) is 7.29. The molecule has 0 fully saturated rings. The van der Waals surface area contributed by atoms with Gasteiger partial charge in [-0.25, -0.2) is 0 Å². The summed E-state index contributed by atoms with van der Waals surface area (Å²) >= 11 is 0. The van der Waals surface area contributed by atoms with Gasteiger partial charge in [0.25, 0.3) is 0 Å². The normalized spacial score (nSPS) is 10.8. The molecule has 3 aromatic rings. The molecular weight excluding hydrogens is 258 g/mol. The zero-order valence-corrected chi connectivity index (χ0v) is 12.2. The third-order valence-electron chi connectivity index (χ3n) is 3.83. The van der Waals surface area contributed by atoms with Crippen LogP contribution in [0.15, 0.2) is 66.7 Å². The lowest BCUT2D eigenvalue weighted by Crippen LogP contribution is -2.18. The van der Waals surface area contributed by atoms with Crippen LogP contribution >= 0.6 is 0 Å². The van der Waals surface area contributed by atoms with E-state index < -0.39 is 0 Å². The molecule has 3 aromatic carbocycles. The first-order chi connectivity index (χ1) is 10.3. The van der Waals surface area contributed by atoms with Crippen LogP contribution in [-0.2, 0) is 6.61 Å². The van der Waals surface area contributed by atoms with E-state index in [4.69, 9.17) is 0 Å². The van der Waals surface area contributed by atoms with E-state index in [1.807, 2.05) is 18.2 Å². The molecule has 2 nitrogen and oxygen atoms in total. The van der Waals surface area contributed by atoms with E-state index in [0.29, 0.717) is 0 Å². The molecule has 106 valence electrons. The highest BCUT2D eigenvalue weighted by atomic mass is 16.3. The van der Waals surface area contributed by atoms with Gasteiger partial charge in [0.05, 0.1) is 6.61 Å². The Bertz CT molecular complexity index is 746. The summed E-state index contributed by atoms with van der Waals surface area (Å²) in [5.74, 6) is 0. The number of hydrogen-bond acceptors (Lipinski definition) is 2. The smallest absolute Gasteiger partial charge is 0.0702 e. The largest absolute Gasteiger partial charge is 0.392 e. The lowest BCUT2D eigenvalue weighted by atomic mass is 10.1. The van der Waals surface area contributed by atoms with Crippen molar-refractivity contribution in [2.75, 3.05) is 11.4 Å². The minimum absolute atomic E-state index is 0.0530. The molecule has 0 spiro atoms. The van der Waals surface area contributed by atoms with Crippen LogP contribution in [-0.4, -0.2) is 11.7 Å². The average molecular weight is 277 g/mol. The van der Waals surface area contributed by atoms with Gasteiger partial charge < -0.3 is 10.0 Å². The lowest BCUT2D eigenvalue weighted by molar-refractivity contribution is 0.282. The highest BCUT2D eigenvalue weighted by molar-refractivity contribution is 5.96. The Balaban J connectivity index is 2.19. The predicted molar refractivity (Wildman–Crippen MR) is 89.0 cm³/mol. The Morgan fingerprint density at radius 2 is 1.48 bits per heavy atom. The molecule has 0 amide bonds. The third kappa shape index (κ3) is 2.50. The molecule has 0 aliphatic heterocycles. The van der Waals surface area contributed by atoms with E-state index in [0.717, 1.165) is 17.8 Å². The number of anilines is 2. The van der Waals surface area contributed by atoms with Crippen LogP contribution in [0.3, 0.4) is 0 Å². The second-order valence-electron chi connectivity index (χ2n) is 5.03. The Morgan fingerprint density at radius 3 is 2.29 bits per heavy atom. The van der Waals surface area contributed by atoms with Gasteiger partial charge in [-0.2, -0.15) is 0 Å². The van der Waals surface area contributed by atoms with Gasteiger partial charge in [0, 0.05) is 28.9 Å². The molecule has 0 radical (unpaired) electrons. The van der Waals surface area contributed by atoms with E-state index in [9.17, 15) is 5.11 Å². The van der Waals surface area contributed by atoms with Crippen LogP contribution in [0.1, 0.15) is 12.5 Å². The van der Waals surface area contributed by atoms with Gasteiger partial charge in [0.1, 0.15) is 0 Å². The number of nitrogens with zero attached hydrogens (tertiary/aromatic N) is 1. The van der Waals surface area contributed by atoms with Gasteiger partial charge >= 0.3 is 0 Å². The van der Waals surface area contributed by atoms with Gasteiger partial charge in [-0.15, -0.1) is 0 Å². The number of aliphatic hydroxyl groups excluding tert-OH is 1. The maximum Gasteiger partial charge on any atom is 0.0702 e. The van der Waals surface area contributed by atoms with E-state index in [1.165, 1.54) is 16.5 Å². The molecule has 0 heterocycles. The van der Waals surface area contributed by atoms with Crippen molar-refractivity contribution in [2.24, 2.45) is 0 Å². The maximum atomic E-state index is 9.60. The summed E-state index contributed by atoms with van der Waals surface area (Å²) < 4.78 is 0. The monoisotopic (exact) mass is 277 g/mol. The molecular formula is C19H19NO. The summed E-state index contributed by atoms with van der Waals surface area (Å²) in [6.45, 7) is 3.04. The molecule has 0 saturated heterocycles.